The Morgan fingerprint density at radius 3 is 0.849 bits per heavy atom. The topological polar surface area (TPSA) is 64.2 Å². The molecule has 0 aliphatic rings. The summed E-state index contributed by atoms with van der Waals surface area (Å²) in [5, 5.41) is 33.0. The second-order valence-electron chi connectivity index (χ2n) is 13.8. The SMILES string of the molecule is CC#N.Cc1ccc(C(O)(c2ccc(C)cc2)c2ccccc2-c2ccc(-c3ccccc3C(O)(c3ccc(C)cc3)c3ccc(C)cc3)cc2)cc1. The van der Waals surface area contributed by atoms with Crippen LogP contribution in [-0.2, 0) is 11.2 Å². The smallest absolute Gasteiger partial charge is 0.141 e. The molecule has 2 N–H and O–H groups in total. The lowest BCUT2D eigenvalue weighted by Crippen LogP contribution is -2.29. The molecular formula is C50H45NO2. The summed E-state index contributed by atoms with van der Waals surface area (Å²) in [4.78, 5) is 0. The van der Waals surface area contributed by atoms with Gasteiger partial charge in [-0.25, -0.2) is 0 Å². The van der Waals surface area contributed by atoms with Crippen molar-refractivity contribution < 1.29 is 10.2 Å². The molecule has 0 aliphatic carbocycles. The van der Waals surface area contributed by atoms with Crippen molar-refractivity contribution in [3.63, 3.8) is 0 Å². The molecule has 3 heteroatoms. The fourth-order valence-electron chi connectivity index (χ4n) is 7.06. The van der Waals surface area contributed by atoms with Crippen molar-refractivity contribution >= 4 is 0 Å². The summed E-state index contributed by atoms with van der Waals surface area (Å²) < 4.78 is 0. The van der Waals surface area contributed by atoms with Crippen LogP contribution < -0.4 is 0 Å². The Bertz CT molecular complexity index is 2080. The van der Waals surface area contributed by atoms with E-state index in [9.17, 15) is 10.2 Å². The summed E-state index contributed by atoms with van der Waals surface area (Å²) in [6.07, 6.45) is 0. The summed E-state index contributed by atoms with van der Waals surface area (Å²) in [6.45, 7) is 9.67. The normalized spacial score (nSPS) is 11.3. The molecule has 0 unspecified atom stereocenters. The molecule has 0 aromatic heterocycles. The molecule has 7 aromatic carbocycles. The van der Waals surface area contributed by atoms with E-state index in [-0.39, 0.29) is 0 Å². The first-order chi connectivity index (χ1) is 25.6. The van der Waals surface area contributed by atoms with E-state index in [4.69, 9.17) is 5.26 Å². The van der Waals surface area contributed by atoms with Crippen molar-refractivity contribution in [2.75, 3.05) is 0 Å². The number of hydrogen-bond acceptors (Lipinski definition) is 3. The van der Waals surface area contributed by atoms with Gasteiger partial charge >= 0.3 is 0 Å². The Kier molecular flexibility index (Phi) is 10.9. The van der Waals surface area contributed by atoms with Crippen LogP contribution in [0, 0.1) is 39.0 Å². The van der Waals surface area contributed by atoms with Gasteiger partial charge in [-0.2, -0.15) is 5.26 Å². The summed E-state index contributed by atoms with van der Waals surface area (Å²) in [5.74, 6) is 0. The molecule has 0 saturated carbocycles. The number of nitrogens with zero attached hydrogens (tertiary/aromatic N) is 1. The van der Waals surface area contributed by atoms with Gasteiger partial charge in [-0.3, -0.25) is 0 Å². The lowest BCUT2D eigenvalue weighted by atomic mass is 9.76. The van der Waals surface area contributed by atoms with Crippen molar-refractivity contribution in [3.05, 3.63) is 225 Å². The molecule has 0 bridgehead atoms. The minimum Gasteiger partial charge on any atom is -0.376 e. The Balaban J connectivity index is 0.00000155. The molecule has 53 heavy (non-hydrogen) atoms. The molecule has 0 fully saturated rings. The fourth-order valence-corrected chi connectivity index (χ4v) is 7.06. The van der Waals surface area contributed by atoms with Crippen molar-refractivity contribution in [2.24, 2.45) is 0 Å². The maximum Gasteiger partial charge on any atom is 0.141 e. The molecule has 0 atom stereocenters. The quantitative estimate of drug-likeness (QED) is 0.156. The van der Waals surface area contributed by atoms with E-state index < -0.39 is 11.2 Å². The van der Waals surface area contributed by atoms with E-state index in [0.29, 0.717) is 0 Å². The molecular weight excluding hydrogens is 647 g/mol. The van der Waals surface area contributed by atoms with Crippen LogP contribution in [-0.4, -0.2) is 10.2 Å². The number of aryl methyl sites for hydroxylation is 4. The lowest BCUT2D eigenvalue weighted by Gasteiger charge is -2.33. The molecule has 0 aliphatic heterocycles. The summed E-state index contributed by atoms with van der Waals surface area (Å²) in [6, 6.07) is 59.1. The minimum absolute atomic E-state index is 0.814. The van der Waals surface area contributed by atoms with Crippen molar-refractivity contribution in [1.29, 1.82) is 5.26 Å². The summed E-state index contributed by atoms with van der Waals surface area (Å²) >= 11 is 0. The first-order valence-electron chi connectivity index (χ1n) is 17.9. The lowest BCUT2D eigenvalue weighted by molar-refractivity contribution is 0.126. The molecule has 0 amide bonds. The van der Waals surface area contributed by atoms with Crippen LogP contribution in [0.15, 0.2) is 170 Å². The highest BCUT2D eigenvalue weighted by molar-refractivity contribution is 5.77. The number of nitriles is 1. The maximum atomic E-state index is 12.8. The second kappa shape index (κ2) is 15.7. The minimum atomic E-state index is -1.37. The van der Waals surface area contributed by atoms with Crippen LogP contribution in [0.4, 0.5) is 0 Å². The third kappa shape index (κ3) is 7.34. The van der Waals surface area contributed by atoms with Gasteiger partial charge in [-0.05, 0) is 72.2 Å². The molecule has 0 heterocycles. The molecule has 3 nitrogen and oxygen atoms in total. The zero-order chi connectivity index (χ0) is 37.6. The van der Waals surface area contributed by atoms with Crippen LogP contribution in [0.5, 0.6) is 0 Å². The molecule has 0 spiro atoms. The van der Waals surface area contributed by atoms with Crippen LogP contribution in [0.2, 0.25) is 0 Å². The number of rotatable bonds is 8. The first-order valence-corrected chi connectivity index (χ1v) is 17.9. The zero-order valence-electron chi connectivity index (χ0n) is 31.0. The molecule has 0 radical (unpaired) electrons. The van der Waals surface area contributed by atoms with Crippen LogP contribution in [0.3, 0.4) is 0 Å². The summed E-state index contributed by atoms with van der Waals surface area (Å²) in [7, 11) is 0. The van der Waals surface area contributed by atoms with Crippen molar-refractivity contribution in [2.45, 2.75) is 45.8 Å². The second-order valence-corrected chi connectivity index (χ2v) is 13.8. The average Bonchev–Trinajstić information content (AvgIpc) is 3.19. The van der Waals surface area contributed by atoms with Gasteiger partial charge in [0, 0.05) is 18.1 Å². The van der Waals surface area contributed by atoms with E-state index in [2.05, 4.69) is 113 Å². The van der Waals surface area contributed by atoms with Gasteiger partial charge in [0.25, 0.3) is 0 Å². The standard InChI is InChI=1S/C48H42O2.C2H3N/c1-33-13-25-39(26-14-33)47(49,40-27-15-34(2)16-28-40)45-11-7-5-9-43(45)37-21-23-38(24-22-37)44-10-6-8-12-46(44)48(50,41-29-17-35(3)18-30-41)42-31-19-36(4)20-32-42;1-2-3/h5-32,49-50H,1-4H3;1H3. The van der Waals surface area contributed by atoms with E-state index >= 15 is 0 Å². The van der Waals surface area contributed by atoms with E-state index in [0.717, 1.165) is 77.9 Å². The largest absolute Gasteiger partial charge is 0.376 e. The van der Waals surface area contributed by atoms with Crippen LogP contribution in [0.25, 0.3) is 22.3 Å². The highest BCUT2D eigenvalue weighted by Crippen LogP contribution is 2.44. The molecule has 0 saturated heterocycles. The van der Waals surface area contributed by atoms with Gasteiger partial charge in [-0.1, -0.05) is 192 Å². The van der Waals surface area contributed by atoms with Crippen molar-refractivity contribution in [3.8, 4) is 28.3 Å². The van der Waals surface area contributed by atoms with E-state index in [1.165, 1.54) is 6.92 Å². The number of aliphatic hydroxyl groups is 2. The Morgan fingerprint density at radius 1 is 0.377 bits per heavy atom. The molecule has 262 valence electrons. The van der Waals surface area contributed by atoms with Gasteiger partial charge < -0.3 is 10.2 Å². The Morgan fingerprint density at radius 2 is 0.604 bits per heavy atom. The third-order valence-electron chi connectivity index (χ3n) is 10.0. The highest BCUT2D eigenvalue weighted by Gasteiger charge is 2.37. The van der Waals surface area contributed by atoms with Gasteiger partial charge in [0.05, 0.1) is 6.07 Å². The molecule has 7 rings (SSSR count). The van der Waals surface area contributed by atoms with Gasteiger partial charge in [-0.15, -0.1) is 0 Å². The predicted molar refractivity (Wildman–Crippen MR) is 218 cm³/mol. The van der Waals surface area contributed by atoms with Crippen LogP contribution in [0.1, 0.15) is 62.6 Å². The fraction of sp³-hybridized carbons (Fsp3) is 0.140. The van der Waals surface area contributed by atoms with Gasteiger partial charge in [0.15, 0.2) is 0 Å². The third-order valence-corrected chi connectivity index (χ3v) is 10.0. The first kappa shape index (κ1) is 36.7. The Hall–Kier alpha value is -6.05. The van der Waals surface area contributed by atoms with E-state index in [1.807, 2.05) is 84.9 Å². The molecule has 7 aromatic rings. The van der Waals surface area contributed by atoms with Gasteiger partial charge in [0.2, 0.25) is 0 Å². The zero-order valence-corrected chi connectivity index (χ0v) is 31.0. The Labute approximate surface area is 314 Å². The average molecular weight is 692 g/mol. The number of hydrogen-bond donors (Lipinski definition) is 2. The van der Waals surface area contributed by atoms with Crippen molar-refractivity contribution in [1.82, 2.24) is 0 Å². The maximum absolute atomic E-state index is 12.8. The van der Waals surface area contributed by atoms with Crippen LogP contribution >= 0.6 is 0 Å². The monoisotopic (exact) mass is 691 g/mol. The summed E-state index contributed by atoms with van der Waals surface area (Å²) in [5.41, 5.74) is 10.6. The highest BCUT2D eigenvalue weighted by atomic mass is 16.3. The van der Waals surface area contributed by atoms with E-state index in [1.54, 1.807) is 6.07 Å². The van der Waals surface area contributed by atoms with Gasteiger partial charge in [0.1, 0.15) is 11.2 Å². The predicted octanol–water partition coefficient (Wildman–Crippen LogP) is 11.4. The number of benzene rings is 7.